The lowest BCUT2D eigenvalue weighted by Crippen LogP contribution is -2.57. The molecule has 5 nitrogen and oxygen atoms in total. The van der Waals surface area contributed by atoms with Crippen LogP contribution in [0.15, 0.2) is 24.5 Å². The quantitative estimate of drug-likeness (QED) is 0.838. The van der Waals surface area contributed by atoms with Gasteiger partial charge in [0, 0.05) is 45.1 Å². The van der Waals surface area contributed by atoms with E-state index in [0.29, 0.717) is 26.2 Å². The number of aromatic nitrogens is 1. The molecule has 1 saturated heterocycles. The normalized spacial score (nSPS) is 16.7. The van der Waals surface area contributed by atoms with E-state index in [1.165, 1.54) is 23.4 Å². The summed E-state index contributed by atoms with van der Waals surface area (Å²) in [6.07, 6.45) is -1.56. The second kappa shape index (κ2) is 9.92. The number of hydrogen-bond acceptors (Lipinski definition) is 4. The highest BCUT2D eigenvalue weighted by Gasteiger charge is 2.43. The molecule has 1 aromatic rings. The number of carbonyl (C=O) groups excluding carboxylic acids is 1. The van der Waals surface area contributed by atoms with Gasteiger partial charge in [-0.15, -0.1) is 24.8 Å². The average molecular weight is 375 g/mol. The van der Waals surface area contributed by atoms with Crippen LogP contribution in [0.2, 0.25) is 0 Å². The third-order valence-electron chi connectivity index (χ3n) is 3.35. The molecule has 1 aliphatic heterocycles. The fraction of sp³-hybridized carbons (Fsp3) is 0.538. The zero-order valence-corrected chi connectivity index (χ0v) is 13.8. The Morgan fingerprint density at radius 2 is 2.00 bits per heavy atom. The van der Waals surface area contributed by atoms with Crippen LogP contribution in [-0.2, 0) is 0 Å². The lowest BCUT2D eigenvalue weighted by Gasteiger charge is -2.35. The van der Waals surface area contributed by atoms with Crippen LogP contribution >= 0.6 is 24.8 Å². The molecular weight excluding hydrogens is 356 g/mol. The first-order valence-electron chi connectivity index (χ1n) is 6.68. The van der Waals surface area contributed by atoms with Crippen LogP contribution in [-0.4, -0.2) is 60.7 Å². The summed E-state index contributed by atoms with van der Waals surface area (Å²) in [5.41, 5.74) is 0.249. The topological polar surface area (TPSA) is 57.3 Å². The molecule has 0 saturated carbocycles. The van der Waals surface area contributed by atoms with Crippen LogP contribution in [0, 0.1) is 0 Å². The van der Waals surface area contributed by atoms with Crippen molar-refractivity contribution in [1.29, 1.82) is 0 Å². The van der Waals surface area contributed by atoms with Gasteiger partial charge in [0.1, 0.15) is 6.04 Å². The number of nitrogens with zero attached hydrogens (tertiary/aromatic N) is 2. The van der Waals surface area contributed by atoms with Gasteiger partial charge in [-0.05, 0) is 12.1 Å². The van der Waals surface area contributed by atoms with Gasteiger partial charge in [0.05, 0.1) is 5.56 Å². The standard InChI is InChI=1S/C13H17F3N4O.2ClH/c14-13(15,16)11(20-6-4-17-5-7-20)9-19-12(21)10-2-1-3-18-8-10;;/h1-3,8,11,17H,4-7,9H2,(H,19,21);2*1H. The van der Waals surface area contributed by atoms with Gasteiger partial charge in [-0.3, -0.25) is 14.7 Å². The number of hydrogen-bond donors (Lipinski definition) is 2. The Morgan fingerprint density at radius 3 is 2.52 bits per heavy atom. The molecule has 0 radical (unpaired) electrons. The molecule has 0 spiro atoms. The van der Waals surface area contributed by atoms with Gasteiger partial charge in [0.2, 0.25) is 0 Å². The van der Waals surface area contributed by atoms with Gasteiger partial charge in [0.25, 0.3) is 5.91 Å². The maximum atomic E-state index is 13.1. The van der Waals surface area contributed by atoms with Crippen molar-refractivity contribution < 1.29 is 18.0 Å². The summed E-state index contributed by atoms with van der Waals surface area (Å²) in [5.74, 6) is -0.549. The van der Waals surface area contributed by atoms with Crippen LogP contribution in [0.3, 0.4) is 0 Å². The van der Waals surface area contributed by atoms with Crippen molar-refractivity contribution in [2.24, 2.45) is 0 Å². The second-order valence-electron chi connectivity index (χ2n) is 4.80. The maximum absolute atomic E-state index is 13.1. The number of carbonyl (C=O) groups is 1. The highest BCUT2D eigenvalue weighted by molar-refractivity contribution is 5.93. The molecule has 2 N–H and O–H groups in total. The summed E-state index contributed by atoms with van der Waals surface area (Å²) in [5, 5.41) is 5.35. The highest BCUT2D eigenvalue weighted by atomic mass is 35.5. The number of rotatable bonds is 4. The molecule has 2 heterocycles. The van der Waals surface area contributed by atoms with Crippen LogP contribution in [0.4, 0.5) is 13.2 Å². The molecule has 23 heavy (non-hydrogen) atoms. The lowest BCUT2D eigenvalue weighted by atomic mass is 10.2. The summed E-state index contributed by atoms with van der Waals surface area (Å²) >= 11 is 0. The van der Waals surface area contributed by atoms with Crippen molar-refractivity contribution in [2.45, 2.75) is 12.2 Å². The molecule has 1 aromatic heterocycles. The van der Waals surface area contributed by atoms with Crippen molar-refractivity contribution in [3.05, 3.63) is 30.1 Å². The monoisotopic (exact) mass is 374 g/mol. The number of halogens is 5. The average Bonchev–Trinajstić information content (AvgIpc) is 2.48. The fourth-order valence-corrected chi connectivity index (χ4v) is 2.23. The summed E-state index contributed by atoms with van der Waals surface area (Å²) in [4.78, 5) is 16.9. The second-order valence-corrected chi connectivity index (χ2v) is 4.80. The molecule has 1 amide bonds. The number of pyridine rings is 1. The summed E-state index contributed by atoms with van der Waals surface area (Å²) < 4.78 is 39.4. The Morgan fingerprint density at radius 1 is 1.35 bits per heavy atom. The smallest absolute Gasteiger partial charge is 0.350 e. The van der Waals surface area contributed by atoms with Crippen molar-refractivity contribution in [2.75, 3.05) is 32.7 Å². The minimum atomic E-state index is -4.38. The van der Waals surface area contributed by atoms with E-state index >= 15 is 0 Å². The number of nitrogens with one attached hydrogen (secondary N) is 2. The minimum Gasteiger partial charge on any atom is -0.350 e. The molecule has 0 aliphatic carbocycles. The summed E-state index contributed by atoms with van der Waals surface area (Å²) in [6.45, 7) is 1.20. The maximum Gasteiger partial charge on any atom is 0.405 e. The number of piperazine rings is 1. The Bertz CT molecular complexity index is 470. The van der Waals surface area contributed by atoms with Crippen LogP contribution in [0.1, 0.15) is 10.4 Å². The zero-order chi connectivity index (χ0) is 15.3. The molecular formula is C13H19Cl2F3N4O. The zero-order valence-electron chi connectivity index (χ0n) is 12.2. The highest BCUT2D eigenvalue weighted by Crippen LogP contribution is 2.24. The number of alkyl halides is 3. The molecule has 1 unspecified atom stereocenters. The predicted octanol–water partition coefficient (Wildman–Crippen LogP) is 1.49. The van der Waals surface area contributed by atoms with E-state index in [9.17, 15) is 18.0 Å². The van der Waals surface area contributed by atoms with E-state index in [1.54, 1.807) is 6.07 Å². The first-order chi connectivity index (χ1) is 9.98. The molecule has 0 aromatic carbocycles. The van der Waals surface area contributed by atoms with Gasteiger partial charge >= 0.3 is 6.18 Å². The van der Waals surface area contributed by atoms with Gasteiger partial charge in [-0.25, -0.2) is 0 Å². The van der Waals surface area contributed by atoms with E-state index in [4.69, 9.17) is 0 Å². The largest absolute Gasteiger partial charge is 0.405 e. The van der Waals surface area contributed by atoms with Crippen LogP contribution in [0.5, 0.6) is 0 Å². The van der Waals surface area contributed by atoms with Gasteiger partial charge in [-0.1, -0.05) is 0 Å². The third kappa shape index (κ3) is 6.50. The Labute approximate surface area is 144 Å². The van der Waals surface area contributed by atoms with Crippen molar-refractivity contribution >= 4 is 30.7 Å². The molecule has 0 bridgehead atoms. The Hall–Kier alpha value is -1.09. The van der Waals surface area contributed by atoms with Crippen LogP contribution in [0.25, 0.3) is 0 Å². The van der Waals surface area contributed by atoms with Crippen LogP contribution < -0.4 is 10.6 Å². The van der Waals surface area contributed by atoms with Gasteiger partial charge in [-0.2, -0.15) is 13.2 Å². The first-order valence-corrected chi connectivity index (χ1v) is 6.68. The van der Waals surface area contributed by atoms with E-state index in [-0.39, 0.29) is 30.4 Å². The summed E-state index contributed by atoms with van der Waals surface area (Å²) in [7, 11) is 0. The molecule has 1 atom stereocenters. The third-order valence-corrected chi connectivity index (χ3v) is 3.35. The Kier molecular flexibility index (Phi) is 9.45. The van der Waals surface area contributed by atoms with E-state index in [0.717, 1.165) is 0 Å². The molecule has 1 fully saturated rings. The van der Waals surface area contributed by atoms with Crippen molar-refractivity contribution in [1.82, 2.24) is 20.5 Å². The first kappa shape index (κ1) is 21.9. The number of amides is 1. The van der Waals surface area contributed by atoms with Crippen molar-refractivity contribution in [3.8, 4) is 0 Å². The fourth-order valence-electron chi connectivity index (χ4n) is 2.23. The molecule has 132 valence electrons. The van der Waals surface area contributed by atoms with Gasteiger partial charge < -0.3 is 10.6 Å². The Balaban J connectivity index is 0.00000242. The predicted molar refractivity (Wildman–Crippen MR) is 85.4 cm³/mol. The molecule has 10 heteroatoms. The SMILES string of the molecule is Cl.Cl.O=C(NCC(N1CCNCC1)C(F)(F)F)c1cccnc1. The molecule has 2 rings (SSSR count). The van der Waals surface area contributed by atoms with E-state index in [1.807, 2.05) is 0 Å². The van der Waals surface area contributed by atoms with Crippen molar-refractivity contribution in [3.63, 3.8) is 0 Å². The van der Waals surface area contributed by atoms with E-state index < -0.39 is 24.7 Å². The van der Waals surface area contributed by atoms with Gasteiger partial charge in [0.15, 0.2) is 0 Å². The lowest BCUT2D eigenvalue weighted by molar-refractivity contribution is -0.183. The minimum absolute atomic E-state index is 0. The van der Waals surface area contributed by atoms with E-state index in [2.05, 4.69) is 15.6 Å². The molecule has 1 aliphatic rings. The summed E-state index contributed by atoms with van der Waals surface area (Å²) in [6, 6.07) is 1.41.